The summed E-state index contributed by atoms with van der Waals surface area (Å²) < 4.78 is 7.33. The quantitative estimate of drug-likeness (QED) is 0.817. The number of aryl methyl sites for hydroxylation is 1. The summed E-state index contributed by atoms with van der Waals surface area (Å²) >= 11 is 3.40. The summed E-state index contributed by atoms with van der Waals surface area (Å²) in [4.78, 5) is 15.9. The molecule has 0 aliphatic heterocycles. The van der Waals surface area contributed by atoms with Crippen molar-refractivity contribution in [3.63, 3.8) is 0 Å². The number of carbonyl (C=O) groups is 1. The van der Waals surface area contributed by atoms with Crippen LogP contribution in [0, 0.1) is 6.92 Å². The highest BCUT2D eigenvalue weighted by atomic mass is 79.9. The molecular weight excluding hydrogens is 298 g/mol. The van der Waals surface area contributed by atoms with Crippen LogP contribution in [0.2, 0.25) is 0 Å². The van der Waals surface area contributed by atoms with E-state index in [0.29, 0.717) is 23.7 Å². The van der Waals surface area contributed by atoms with E-state index < -0.39 is 0 Å². The van der Waals surface area contributed by atoms with Crippen LogP contribution >= 0.6 is 15.9 Å². The van der Waals surface area contributed by atoms with Crippen molar-refractivity contribution < 1.29 is 9.53 Å². The zero-order chi connectivity index (χ0) is 13.1. The van der Waals surface area contributed by atoms with Gasteiger partial charge >= 0.3 is 5.97 Å². The molecule has 5 nitrogen and oxygen atoms in total. The number of nitrogens with zero attached hydrogens (tertiary/aromatic N) is 3. The van der Waals surface area contributed by atoms with Crippen molar-refractivity contribution in [3.05, 3.63) is 40.3 Å². The third-order valence-electron chi connectivity index (χ3n) is 2.35. The van der Waals surface area contributed by atoms with Gasteiger partial charge in [0.05, 0.1) is 16.8 Å². The molecular formula is C12H12BrN3O2. The number of hydrogen-bond donors (Lipinski definition) is 0. The molecule has 2 aromatic heterocycles. The van der Waals surface area contributed by atoms with Crippen molar-refractivity contribution in [2.45, 2.75) is 13.8 Å². The number of aromatic nitrogens is 3. The fourth-order valence-corrected chi connectivity index (χ4v) is 1.96. The molecule has 0 saturated carbocycles. The first-order valence-electron chi connectivity index (χ1n) is 5.47. The molecule has 94 valence electrons. The second-order valence-corrected chi connectivity index (χ2v) is 4.46. The lowest BCUT2D eigenvalue weighted by Gasteiger charge is -2.01. The summed E-state index contributed by atoms with van der Waals surface area (Å²) in [7, 11) is 0. The molecule has 0 N–H and O–H groups in total. The van der Waals surface area contributed by atoms with Gasteiger partial charge in [0.2, 0.25) is 0 Å². The summed E-state index contributed by atoms with van der Waals surface area (Å²) in [5.41, 5.74) is 1.07. The maximum atomic E-state index is 11.7. The Morgan fingerprint density at radius 1 is 1.56 bits per heavy atom. The number of rotatable bonds is 3. The van der Waals surface area contributed by atoms with Crippen LogP contribution in [0.4, 0.5) is 0 Å². The first-order chi connectivity index (χ1) is 8.63. The van der Waals surface area contributed by atoms with E-state index in [2.05, 4.69) is 26.0 Å². The van der Waals surface area contributed by atoms with Crippen LogP contribution in [0.5, 0.6) is 0 Å². The lowest BCUT2D eigenvalue weighted by atomic mass is 10.3. The molecule has 6 heteroatoms. The Bertz CT molecular complexity index is 580. The van der Waals surface area contributed by atoms with Gasteiger partial charge in [-0.2, -0.15) is 5.10 Å². The van der Waals surface area contributed by atoms with Crippen molar-refractivity contribution in [2.75, 3.05) is 6.61 Å². The maximum Gasteiger partial charge on any atom is 0.341 e. The van der Waals surface area contributed by atoms with Gasteiger partial charge in [0.15, 0.2) is 5.82 Å². The Labute approximate surface area is 113 Å². The number of halogens is 1. The molecule has 0 saturated heterocycles. The number of pyridine rings is 1. The molecule has 2 rings (SSSR count). The highest BCUT2D eigenvalue weighted by Gasteiger charge is 2.16. The number of ether oxygens (including phenoxy) is 1. The second kappa shape index (κ2) is 5.30. The van der Waals surface area contributed by atoms with Gasteiger partial charge < -0.3 is 4.74 Å². The average Bonchev–Trinajstić information content (AvgIpc) is 2.72. The predicted molar refractivity (Wildman–Crippen MR) is 69.8 cm³/mol. The van der Waals surface area contributed by atoms with Gasteiger partial charge in [-0.05, 0) is 41.9 Å². The maximum absolute atomic E-state index is 11.7. The van der Waals surface area contributed by atoms with Crippen LogP contribution in [-0.2, 0) is 4.74 Å². The zero-order valence-corrected chi connectivity index (χ0v) is 11.6. The highest BCUT2D eigenvalue weighted by Crippen LogP contribution is 2.19. The van der Waals surface area contributed by atoms with Crippen LogP contribution in [-0.4, -0.2) is 27.3 Å². The van der Waals surface area contributed by atoms with Crippen molar-refractivity contribution in [1.29, 1.82) is 0 Å². The van der Waals surface area contributed by atoms with Gasteiger partial charge in [0.1, 0.15) is 5.56 Å². The second-order valence-electron chi connectivity index (χ2n) is 3.60. The van der Waals surface area contributed by atoms with Gasteiger partial charge in [-0.1, -0.05) is 0 Å². The summed E-state index contributed by atoms with van der Waals surface area (Å²) in [5, 5.41) is 4.27. The zero-order valence-electron chi connectivity index (χ0n) is 10.1. The van der Waals surface area contributed by atoms with Crippen LogP contribution in [0.15, 0.2) is 29.0 Å². The highest BCUT2D eigenvalue weighted by molar-refractivity contribution is 9.10. The molecule has 0 fully saturated rings. The third kappa shape index (κ3) is 2.43. The molecule has 2 heterocycles. The van der Waals surface area contributed by atoms with E-state index in [1.54, 1.807) is 30.9 Å². The lowest BCUT2D eigenvalue weighted by molar-refractivity contribution is 0.0525. The van der Waals surface area contributed by atoms with Crippen molar-refractivity contribution in [2.24, 2.45) is 0 Å². The van der Waals surface area contributed by atoms with Crippen molar-refractivity contribution >= 4 is 21.9 Å². The first kappa shape index (κ1) is 12.8. The molecule has 0 aliphatic rings. The summed E-state index contributed by atoms with van der Waals surface area (Å²) in [6.45, 7) is 3.88. The normalized spacial score (nSPS) is 10.4. The van der Waals surface area contributed by atoms with Crippen molar-refractivity contribution in [3.8, 4) is 5.82 Å². The molecule has 0 atom stereocenters. The summed E-state index contributed by atoms with van der Waals surface area (Å²) in [6, 6.07) is 3.68. The number of esters is 1. The molecule has 0 radical (unpaired) electrons. The Balaban J connectivity index is 2.41. The standard InChI is InChI=1S/C12H12BrN3O2/c1-3-18-12(17)9-7-16(15-8(9)2)11-10(13)5-4-6-14-11/h4-7H,3H2,1-2H3. The van der Waals surface area contributed by atoms with E-state index in [1.165, 1.54) is 0 Å². The van der Waals surface area contributed by atoms with Crippen LogP contribution < -0.4 is 0 Å². The van der Waals surface area contributed by atoms with E-state index in [-0.39, 0.29) is 5.97 Å². The Morgan fingerprint density at radius 3 is 3.00 bits per heavy atom. The summed E-state index contributed by atoms with van der Waals surface area (Å²) in [5.74, 6) is 0.268. The number of carbonyl (C=O) groups excluding carboxylic acids is 1. The SMILES string of the molecule is CCOC(=O)c1cn(-c2ncccc2Br)nc1C. The monoisotopic (exact) mass is 309 g/mol. The molecule has 0 bridgehead atoms. The lowest BCUT2D eigenvalue weighted by Crippen LogP contribution is -2.04. The fraction of sp³-hybridized carbons (Fsp3) is 0.250. The van der Waals surface area contributed by atoms with E-state index >= 15 is 0 Å². The Hall–Kier alpha value is -1.69. The first-order valence-corrected chi connectivity index (χ1v) is 6.27. The van der Waals surface area contributed by atoms with Crippen LogP contribution in [0.1, 0.15) is 23.0 Å². The van der Waals surface area contributed by atoms with E-state index in [0.717, 1.165) is 4.47 Å². The van der Waals surface area contributed by atoms with Gasteiger partial charge in [-0.25, -0.2) is 14.5 Å². The molecule has 0 aliphatic carbocycles. The predicted octanol–water partition coefficient (Wildman–Crippen LogP) is 2.51. The Morgan fingerprint density at radius 2 is 2.33 bits per heavy atom. The van der Waals surface area contributed by atoms with E-state index in [9.17, 15) is 4.79 Å². The van der Waals surface area contributed by atoms with E-state index in [1.807, 2.05) is 12.1 Å². The largest absolute Gasteiger partial charge is 0.462 e. The Kier molecular flexibility index (Phi) is 3.76. The molecule has 0 aromatic carbocycles. The molecule has 2 aromatic rings. The molecule has 0 spiro atoms. The van der Waals surface area contributed by atoms with Gasteiger partial charge in [-0.3, -0.25) is 0 Å². The topological polar surface area (TPSA) is 57.0 Å². The molecule has 0 unspecified atom stereocenters. The number of hydrogen-bond acceptors (Lipinski definition) is 4. The van der Waals surface area contributed by atoms with Gasteiger partial charge in [0, 0.05) is 12.4 Å². The van der Waals surface area contributed by atoms with Crippen molar-refractivity contribution in [1.82, 2.24) is 14.8 Å². The minimum Gasteiger partial charge on any atom is -0.462 e. The average molecular weight is 310 g/mol. The van der Waals surface area contributed by atoms with E-state index in [4.69, 9.17) is 4.74 Å². The minimum atomic E-state index is -0.367. The third-order valence-corrected chi connectivity index (χ3v) is 2.97. The molecule has 18 heavy (non-hydrogen) atoms. The van der Waals surface area contributed by atoms with Crippen LogP contribution in [0.25, 0.3) is 5.82 Å². The minimum absolute atomic E-state index is 0.344. The van der Waals surface area contributed by atoms with Gasteiger partial charge in [-0.15, -0.1) is 0 Å². The van der Waals surface area contributed by atoms with Gasteiger partial charge in [0.25, 0.3) is 0 Å². The fourth-order valence-electron chi connectivity index (χ4n) is 1.52. The molecule has 0 amide bonds. The summed E-state index contributed by atoms with van der Waals surface area (Å²) in [6.07, 6.45) is 3.29. The van der Waals surface area contributed by atoms with Crippen LogP contribution in [0.3, 0.4) is 0 Å². The smallest absolute Gasteiger partial charge is 0.341 e.